The molecule has 1 saturated carbocycles. The fraction of sp³-hybridized carbons (Fsp3) is 0.353. The maximum atomic E-state index is 12.1. The van der Waals surface area contributed by atoms with Gasteiger partial charge in [-0.05, 0) is 31.0 Å². The zero-order chi connectivity index (χ0) is 15.1. The number of nitrogens with one attached hydrogen (secondary N) is 1. The number of hydrogen-bond acceptors (Lipinski definition) is 4. The maximum absolute atomic E-state index is 12.1. The molecule has 5 heteroatoms. The van der Waals surface area contributed by atoms with Crippen LogP contribution in [0.2, 0.25) is 5.02 Å². The van der Waals surface area contributed by atoms with E-state index in [4.69, 9.17) is 20.4 Å². The molecule has 0 saturated heterocycles. The van der Waals surface area contributed by atoms with Crippen LogP contribution in [0.25, 0.3) is 21.9 Å². The molecule has 2 heterocycles. The Morgan fingerprint density at radius 1 is 1.05 bits per heavy atom. The fourth-order valence-electron chi connectivity index (χ4n) is 3.19. The van der Waals surface area contributed by atoms with Gasteiger partial charge in [-0.15, -0.1) is 0 Å². The molecule has 0 amide bonds. The van der Waals surface area contributed by atoms with Gasteiger partial charge in [0.25, 0.3) is 0 Å². The summed E-state index contributed by atoms with van der Waals surface area (Å²) in [6, 6.07) is 7.29. The molecule has 0 unspecified atom stereocenters. The molecule has 22 heavy (non-hydrogen) atoms. The lowest BCUT2D eigenvalue weighted by atomic mass is 9.96. The van der Waals surface area contributed by atoms with Crippen LogP contribution in [-0.4, -0.2) is 6.04 Å². The lowest BCUT2D eigenvalue weighted by molar-refractivity contribution is 0.453. The average molecular weight is 318 g/mol. The molecule has 1 aliphatic rings. The standard InChI is InChI=1S/C17H16ClNO3/c18-10-6-7-14-12(8-10)16-13(17(20)21-14)9-15(22-16)19-11-4-2-1-3-5-11/h6-9,11,19H,1-5H2. The summed E-state index contributed by atoms with van der Waals surface area (Å²) in [5, 5.41) is 5.15. The molecule has 114 valence electrons. The molecule has 4 rings (SSSR count). The largest absolute Gasteiger partial charge is 0.440 e. The lowest BCUT2D eigenvalue weighted by Crippen LogP contribution is -2.21. The molecule has 1 aliphatic carbocycles. The molecule has 0 atom stereocenters. The first-order valence-corrected chi connectivity index (χ1v) is 8.01. The monoisotopic (exact) mass is 317 g/mol. The van der Waals surface area contributed by atoms with Crippen LogP contribution < -0.4 is 10.9 Å². The Kier molecular flexibility index (Phi) is 3.34. The molecular weight excluding hydrogens is 302 g/mol. The van der Waals surface area contributed by atoms with Crippen molar-refractivity contribution in [3.05, 3.63) is 39.7 Å². The van der Waals surface area contributed by atoms with Gasteiger partial charge in [-0.25, -0.2) is 4.79 Å². The predicted octanol–water partition coefficient (Wildman–Crippen LogP) is 4.94. The van der Waals surface area contributed by atoms with Crippen molar-refractivity contribution in [3.63, 3.8) is 0 Å². The third-order valence-electron chi connectivity index (χ3n) is 4.29. The van der Waals surface area contributed by atoms with Crippen LogP contribution in [0.3, 0.4) is 0 Å². The molecule has 0 aliphatic heterocycles. The summed E-state index contributed by atoms with van der Waals surface area (Å²) < 4.78 is 11.2. The SMILES string of the molecule is O=c1oc2ccc(Cl)cc2c2oc(NC3CCCCC3)cc12. The molecule has 1 fully saturated rings. The highest BCUT2D eigenvalue weighted by atomic mass is 35.5. The van der Waals surface area contributed by atoms with E-state index >= 15 is 0 Å². The molecule has 0 bridgehead atoms. The maximum Gasteiger partial charge on any atom is 0.347 e. The first-order chi connectivity index (χ1) is 10.7. The van der Waals surface area contributed by atoms with Gasteiger partial charge in [-0.3, -0.25) is 0 Å². The molecule has 2 aromatic heterocycles. The van der Waals surface area contributed by atoms with Crippen LogP contribution in [0.5, 0.6) is 0 Å². The van der Waals surface area contributed by atoms with Gasteiger partial charge in [0.15, 0.2) is 11.5 Å². The first kappa shape index (κ1) is 13.7. The summed E-state index contributed by atoms with van der Waals surface area (Å²) in [6.45, 7) is 0. The molecule has 1 N–H and O–H groups in total. The Morgan fingerprint density at radius 3 is 2.68 bits per heavy atom. The third-order valence-corrected chi connectivity index (χ3v) is 4.53. The Morgan fingerprint density at radius 2 is 1.86 bits per heavy atom. The van der Waals surface area contributed by atoms with E-state index in [1.165, 1.54) is 19.3 Å². The van der Waals surface area contributed by atoms with Crippen LogP contribution in [-0.2, 0) is 0 Å². The summed E-state index contributed by atoms with van der Waals surface area (Å²) in [5.41, 5.74) is 0.637. The van der Waals surface area contributed by atoms with Crippen molar-refractivity contribution in [1.29, 1.82) is 0 Å². The van der Waals surface area contributed by atoms with Crippen molar-refractivity contribution < 1.29 is 8.83 Å². The summed E-state index contributed by atoms with van der Waals surface area (Å²) in [5.74, 6) is 0.627. The minimum absolute atomic E-state index is 0.384. The number of fused-ring (bicyclic) bond motifs is 3. The predicted molar refractivity (Wildman–Crippen MR) is 87.8 cm³/mol. The minimum atomic E-state index is -0.384. The van der Waals surface area contributed by atoms with Gasteiger partial charge in [0.1, 0.15) is 11.0 Å². The van der Waals surface area contributed by atoms with Gasteiger partial charge in [-0.2, -0.15) is 0 Å². The molecular formula is C17H16ClNO3. The quantitative estimate of drug-likeness (QED) is 0.680. The van der Waals surface area contributed by atoms with Crippen LogP contribution >= 0.6 is 11.6 Å². The van der Waals surface area contributed by atoms with E-state index in [-0.39, 0.29) is 5.63 Å². The summed E-state index contributed by atoms with van der Waals surface area (Å²) in [4.78, 5) is 12.1. The highest BCUT2D eigenvalue weighted by Gasteiger charge is 2.17. The highest BCUT2D eigenvalue weighted by Crippen LogP contribution is 2.31. The average Bonchev–Trinajstić information content (AvgIpc) is 2.94. The second kappa shape index (κ2) is 5.36. The van der Waals surface area contributed by atoms with Gasteiger partial charge >= 0.3 is 5.63 Å². The highest BCUT2D eigenvalue weighted by molar-refractivity contribution is 6.31. The van der Waals surface area contributed by atoms with Gasteiger partial charge < -0.3 is 14.2 Å². The number of hydrogen-bond donors (Lipinski definition) is 1. The Balaban J connectivity index is 1.81. The summed E-state index contributed by atoms with van der Waals surface area (Å²) >= 11 is 6.04. The molecule has 0 spiro atoms. The molecule has 1 aromatic carbocycles. The van der Waals surface area contributed by atoms with E-state index in [2.05, 4.69) is 5.32 Å². The van der Waals surface area contributed by atoms with Crippen molar-refractivity contribution >= 4 is 39.4 Å². The number of rotatable bonds is 2. The zero-order valence-corrected chi connectivity index (χ0v) is 12.8. The second-order valence-corrected chi connectivity index (χ2v) is 6.30. The topological polar surface area (TPSA) is 55.4 Å². The van der Waals surface area contributed by atoms with Gasteiger partial charge in [0, 0.05) is 17.1 Å². The van der Waals surface area contributed by atoms with Gasteiger partial charge in [-0.1, -0.05) is 30.9 Å². The fourth-order valence-corrected chi connectivity index (χ4v) is 3.36. The van der Waals surface area contributed by atoms with Crippen molar-refractivity contribution in [1.82, 2.24) is 0 Å². The van der Waals surface area contributed by atoms with Crippen LogP contribution in [0, 0.1) is 0 Å². The first-order valence-electron chi connectivity index (χ1n) is 7.63. The molecule has 4 nitrogen and oxygen atoms in total. The smallest absolute Gasteiger partial charge is 0.347 e. The normalized spacial score (nSPS) is 16.4. The van der Waals surface area contributed by atoms with Gasteiger partial charge in [0.2, 0.25) is 0 Å². The Hall–Kier alpha value is -1.94. The van der Waals surface area contributed by atoms with E-state index in [9.17, 15) is 4.79 Å². The van der Waals surface area contributed by atoms with E-state index in [0.29, 0.717) is 33.5 Å². The lowest BCUT2D eigenvalue weighted by Gasteiger charge is -2.22. The van der Waals surface area contributed by atoms with Crippen molar-refractivity contribution in [3.8, 4) is 0 Å². The number of benzene rings is 1. The minimum Gasteiger partial charge on any atom is -0.440 e. The number of furan rings is 1. The van der Waals surface area contributed by atoms with Crippen LogP contribution in [0.4, 0.5) is 5.88 Å². The molecule has 3 aromatic rings. The summed E-state index contributed by atoms with van der Waals surface area (Å²) in [7, 11) is 0. The van der Waals surface area contributed by atoms with Gasteiger partial charge in [0.05, 0.1) is 5.39 Å². The van der Waals surface area contributed by atoms with E-state index < -0.39 is 0 Å². The number of anilines is 1. The third kappa shape index (κ3) is 2.37. The Bertz CT molecular complexity index is 890. The van der Waals surface area contributed by atoms with E-state index in [1.807, 2.05) is 0 Å². The van der Waals surface area contributed by atoms with Crippen LogP contribution in [0.1, 0.15) is 32.1 Å². The summed E-state index contributed by atoms with van der Waals surface area (Å²) in [6.07, 6.45) is 6.04. The van der Waals surface area contributed by atoms with Crippen molar-refractivity contribution in [2.75, 3.05) is 5.32 Å². The van der Waals surface area contributed by atoms with E-state index in [1.54, 1.807) is 24.3 Å². The Labute approximate surface area is 132 Å². The molecule has 0 radical (unpaired) electrons. The van der Waals surface area contributed by atoms with Crippen molar-refractivity contribution in [2.24, 2.45) is 0 Å². The van der Waals surface area contributed by atoms with Crippen LogP contribution in [0.15, 0.2) is 37.9 Å². The number of halogens is 1. The zero-order valence-electron chi connectivity index (χ0n) is 12.0. The van der Waals surface area contributed by atoms with E-state index in [0.717, 1.165) is 18.2 Å². The van der Waals surface area contributed by atoms with Crippen molar-refractivity contribution in [2.45, 2.75) is 38.1 Å². The second-order valence-electron chi connectivity index (χ2n) is 5.86.